The summed E-state index contributed by atoms with van der Waals surface area (Å²) in [5, 5.41) is 12.4. The fraction of sp³-hybridized carbons (Fsp3) is 0.875. The van der Waals surface area contributed by atoms with Crippen molar-refractivity contribution in [2.24, 2.45) is 23.2 Å². The van der Waals surface area contributed by atoms with Crippen LogP contribution in [-0.2, 0) is 9.53 Å². The summed E-state index contributed by atoms with van der Waals surface area (Å²) < 4.78 is 5.29. The molecule has 0 aromatic carbocycles. The van der Waals surface area contributed by atoms with Crippen LogP contribution in [0.15, 0.2) is 0 Å². The Bertz CT molecular complexity index is 465. The van der Waals surface area contributed by atoms with E-state index in [-0.39, 0.29) is 5.41 Å². The van der Waals surface area contributed by atoms with Crippen LogP contribution in [0.4, 0.5) is 4.79 Å². The first kappa shape index (κ1) is 16.1. The van der Waals surface area contributed by atoms with Crippen molar-refractivity contribution >= 4 is 12.1 Å². The quantitative estimate of drug-likeness (QED) is 0.821. The molecule has 0 spiro atoms. The molecule has 2 rings (SSSR count). The molecule has 2 saturated carbocycles. The van der Waals surface area contributed by atoms with Crippen molar-refractivity contribution in [2.75, 3.05) is 0 Å². The molecular weight excluding hydrogens is 270 g/mol. The zero-order chi connectivity index (χ0) is 16.2. The number of alkyl carbamates (subject to hydrolysis) is 1. The van der Waals surface area contributed by atoms with Gasteiger partial charge in [-0.15, -0.1) is 0 Å². The fourth-order valence-corrected chi connectivity index (χ4v) is 3.89. The van der Waals surface area contributed by atoms with E-state index in [9.17, 15) is 14.7 Å². The SMILES string of the molecule is CC(C)(C)OC(=O)N[C@@]1(C)C[C@@H]2C(C[C@H]1C(=O)O)C2(C)C. The molecule has 0 bridgehead atoms. The molecule has 1 amide bonds. The Balaban J connectivity index is 2.14. The van der Waals surface area contributed by atoms with E-state index in [0.29, 0.717) is 24.7 Å². The first-order valence-electron chi connectivity index (χ1n) is 7.61. The molecule has 0 heterocycles. The van der Waals surface area contributed by atoms with Gasteiger partial charge in [-0.3, -0.25) is 4.79 Å². The molecule has 2 fully saturated rings. The first-order chi connectivity index (χ1) is 9.37. The fourth-order valence-electron chi connectivity index (χ4n) is 3.89. The Morgan fingerprint density at radius 1 is 1.19 bits per heavy atom. The number of aliphatic carboxylic acids is 1. The number of hydrogen-bond acceptors (Lipinski definition) is 3. The van der Waals surface area contributed by atoms with Gasteiger partial charge in [-0.25, -0.2) is 4.79 Å². The van der Waals surface area contributed by atoms with Crippen molar-refractivity contribution < 1.29 is 19.4 Å². The van der Waals surface area contributed by atoms with Gasteiger partial charge in [0, 0.05) is 0 Å². The summed E-state index contributed by atoms with van der Waals surface area (Å²) in [4.78, 5) is 23.7. The molecule has 4 atom stereocenters. The van der Waals surface area contributed by atoms with Gasteiger partial charge in [-0.05, 0) is 57.8 Å². The highest BCUT2D eigenvalue weighted by Crippen LogP contribution is 2.67. The van der Waals surface area contributed by atoms with Gasteiger partial charge in [0.05, 0.1) is 11.5 Å². The summed E-state index contributed by atoms with van der Waals surface area (Å²) in [7, 11) is 0. The van der Waals surface area contributed by atoms with E-state index in [4.69, 9.17) is 4.74 Å². The second kappa shape index (κ2) is 4.62. The number of carbonyl (C=O) groups excluding carboxylic acids is 1. The van der Waals surface area contributed by atoms with Gasteiger partial charge in [-0.1, -0.05) is 13.8 Å². The predicted octanol–water partition coefficient (Wildman–Crippen LogP) is 3.04. The molecular formula is C16H27NO4. The van der Waals surface area contributed by atoms with Gasteiger partial charge in [0.1, 0.15) is 5.60 Å². The minimum atomic E-state index is -0.838. The Hall–Kier alpha value is -1.26. The topological polar surface area (TPSA) is 75.6 Å². The Morgan fingerprint density at radius 2 is 1.76 bits per heavy atom. The highest BCUT2D eigenvalue weighted by molar-refractivity contribution is 5.75. The number of nitrogens with one attached hydrogen (secondary N) is 1. The van der Waals surface area contributed by atoms with Crippen molar-refractivity contribution in [3.05, 3.63) is 0 Å². The molecule has 0 aliphatic heterocycles. The summed E-state index contributed by atoms with van der Waals surface area (Å²) in [6.07, 6.45) is 0.786. The van der Waals surface area contributed by atoms with Crippen molar-refractivity contribution in [1.82, 2.24) is 5.32 Å². The summed E-state index contributed by atoms with van der Waals surface area (Å²) in [5.74, 6) is -0.470. The lowest BCUT2D eigenvalue weighted by Crippen LogP contribution is -2.56. The number of amides is 1. The van der Waals surface area contributed by atoms with Gasteiger partial charge in [0.15, 0.2) is 0 Å². The third-order valence-corrected chi connectivity index (χ3v) is 5.28. The minimum absolute atomic E-state index is 0.182. The van der Waals surface area contributed by atoms with Crippen LogP contribution in [0.5, 0.6) is 0 Å². The maximum Gasteiger partial charge on any atom is 0.408 e. The smallest absolute Gasteiger partial charge is 0.408 e. The van der Waals surface area contributed by atoms with Crippen LogP contribution in [0.3, 0.4) is 0 Å². The molecule has 1 unspecified atom stereocenters. The number of fused-ring (bicyclic) bond motifs is 1. The molecule has 2 N–H and O–H groups in total. The zero-order valence-electron chi connectivity index (χ0n) is 13.8. The molecule has 2 aliphatic rings. The monoisotopic (exact) mass is 297 g/mol. The summed E-state index contributed by atoms with van der Waals surface area (Å²) in [6, 6.07) is 0. The maximum atomic E-state index is 12.1. The van der Waals surface area contributed by atoms with E-state index in [0.717, 1.165) is 0 Å². The van der Waals surface area contributed by atoms with Crippen LogP contribution in [0.25, 0.3) is 0 Å². The van der Waals surface area contributed by atoms with Gasteiger partial charge in [0.2, 0.25) is 0 Å². The molecule has 0 aromatic heterocycles. The Kier molecular flexibility index (Phi) is 3.54. The van der Waals surface area contributed by atoms with E-state index >= 15 is 0 Å². The lowest BCUT2D eigenvalue weighted by atomic mass is 9.74. The molecule has 0 saturated heterocycles. The lowest BCUT2D eigenvalue weighted by Gasteiger charge is -2.39. The third-order valence-electron chi connectivity index (χ3n) is 5.28. The van der Waals surface area contributed by atoms with E-state index in [1.807, 2.05) is 6.92 Å². The second-order valence-electron chi connectivity index (χ2n) is 8.41. The normalized spacial score (nSPS) is 37.3. The standard InChI is InChI=1S/C16H27NO4/c1-14(2,3)21-13(20)17-16(6)8-11-9(15(11,4)5)7-10(16)12(18)19/h9-11H,7-8H2,1-6H3,(H,17,20)(H,18,19)/t9?,10-,11+,16-/m0/s1. The number of carboxylic acid groups (broad SMARTS) is 1. The lowest BCUT2D eigenvalue weighted by molar-refractivity contribution is -0.146. The van der Waals surface area contributed by atoms with E-state index in [1.165, 1.54) is 0 Å². The van der Waals surface area contributed by atoms with Crippen molar-refractivity contribution in [3.63, 3.8) is 0 Å². The second-order valence-corrected chi connectivity index (χ2v) is 8.41. The molecule has 21 heavy (non-hydrogen) atoms. The van der Waals surface area contributed by atoms with E-state index in [1.54, 1.807) is 20.8 Å². The van der Waals surface area contributed by atoms with Gasteiger partial charge in [-0.2, -0.15) is 0 Å². The van der Waals surface area contributed by atoms with Crippen molar-refractivity contribution in [1.29, 1.82) is 0 Å². The van der Waals surface area contributed by atoms with E-state index in [2.05, 4.69) is 19.2 Å². The molecule has 0 aromatic rings. The summed E-state index contributed by atoms with van der Waals surface area (Å²) >= 11 is 0. The third kappa shape index (κ3) is 3.01. The largest absolute Gasteiger partial charge is 0.481 e. The number of rotatable bonds is 2. The average Bonchev–Trinajstić information content (AvgIpc) is 2.74. The molecule has 120 valence electrons. The number of carbonyl (C=O) groups is 2. The highest BCUT2D eigenvalue weighted by Gasteiger charge is 2.65. The zero-order valence-corrected chi connectivity index (χ0v) is 13.8. The highest BCUT2D eigenvalue weighted by atomic mass is 16.6. The number of carboxylic acids is 1. The Morgan fingerprint density at radius 3 is 2.24 bits per heavy atom. The molecule has 2 aliphatic carbocycles. The summed E-state index contributed by atoms with van der Waals surface area (Å²) in [5.41, 5.74) is -1.15. The van der Waals surface area contributed by atoms with Crippen LogP contribution in [0.1, 0.15) is 54.4 Å². The van der Waals surface area contributed by atoms with Gasteiger partial charge in [0.25, 0.3) is 0 Å². The van der Waals surface area contributed by atoms with Crippen LogP contribution in [0.2, 0.25) is 0 Å². The number of ether oxygens (including phenoxy) is 1. The first-order valence-corrected chi connectivity index (χ1v) is 7.61. The van der Waals surface area contributed by atoms with E-state index < -0.39 is 29.1 Å². The number of hydrogen-bond donors (Lipinski definition) is 2. The molecule has 0 radical (unpaired) electrons. The van der Waals surface area contributed by atoms with Crippen LogP contribution >= 0.6 is 0 Å². The van der Waals surface area contributed by atoms with Crippen LogP contribution in [-0.4, -0.2) is 28.3 Å². The van der Waals surface area contributed by atoms with Crippen molar-refractivity contribution in [2.45, 2.75) is 65.5 Å². The molecule has 5 heteroatoms. The predicted molar refractivity (Wildman–Crippen MR) is 78.9 cm³/mol. The summed E-state index contributed by atoms with van der Waals surface area (Å²) in [6.45, 7) is 11.6. The minimum Gasteiger partial charge on any atom is -0.481 e. The van der Waals surface area contributed by atoms with Crippen LogP contribution in [0, 0.1) is 23.2 Å². The Labute approximate surface area is 126 Å². The maximum absolute atomic E-state index is 12.1. The van der Waals surface area contributed by atoms with Crippen molar-refractivity contribution in [3.8, 4) is 0 Å². The van der Waals surface area contributed by atoms with Gasteiger partial charge >= 0.3 is 12.1 Å². The van der Waals surface area contributed by atoms with Crippen LogP contribution < -0.4 is 5.32 Å². The van der Waals surface area contributed by atoms with Gasteiger partial charge < -0.3 is 15.2 Å². The average molecular weight is 297 g/mol. The molecule has 5 nitrogen and oxygen atoms in total.